The third kappa shape index (κ3) is 4.32. The standard InChI is InChI=1S/C18H25N3O2S/c1-13(2)21(14(3)4)17(22)12-24-18-19-9-10-20(18)15-7-6-8-16(11-15)23-5/h6-11,13-14H,12H2,1-5H3. The Kier molecular flexibility index (Phi) is 6.31. The van der Waals surface area contributed by atoms with E-state index in [0.29, 0.717) is 5.75 Å². The van der Waals surface area contributed by atoms with Crippen LogP contribution >= 0.6 is 11.8 Å². The van der Waals surface area contributed by atoms with Crippen LogP contribution < -0.4 is 4.74 Å². The molecule has 5 nitrogen and oxygen atoms in total. The Hall–Kier alpha value is -1.95. The van der Waals surface area contributed by atoms with Crippen molar-refractivity contribution in [3.8, 4) is 11.4 Å². The Labute approximate surface area is 148 Å². The number of carbonyl (C=O) groups is 1. The molecule has 0 aliphatic rings. The van der Waals surface area contributed by atoms with Gasteiger partial charge in [0.2, 0.25) is 5.91 Å². The summed E-state index contributed by atoms with van der Waals surface area (Å²) in [7, 11) is 1.65. The number of hydrogen-bond acceptors (Lipinski definition) is 4. The Balaban J connectivity index is 2.12. The van der Waals surface area contributed by atoms with E-state index in [1.54, 1.807) is 13.3 Å². The lowest BCUT2D eigenvalue weighted by molar-refractivity contribution is -0.131. The highest BCUT2D eigenvalue weighted by Gasteiger charge is 2.20. The number of hydrogen-bond donors (Lipinski definition) is 0. The molecule has 130 valence electrons. The van der Waals surface area contributed by atoms with Gasteiger partial charge in [-0.3, -0.25) is 9.36 Å². The SMILES string of the molecule is COc1cccc(-n2ccnc2SCC(=O)N(C(C)C)C(C)C)c1. The maximum absolute atomic E-state index is 12.5. The summed E-state index contributed by atoms with van der Waals surface area (Å²) in [5.74, 6) is 1.29. The monoisotopic (exact) mass is 347 g/mol. The van der Waals surface area contributed by atoms with E-state index in [2.05, 4.69) is 4.98 Å². The van der Waals surface area contributed by atoms with E-state index < -0.39 is 0 Å². The van der Waals surface area contributed by atoms with Crippen LogP contribution in [0.3, 0.4) is 0 Å². The lowest BCUT2D eigenvalue weighted by atomic mass is 10.2. The molecule has 2 rings (SSSR count). The van der Waals surface area contributed by atoms with Gasteiger partial charge in [-0.1, -0.05) is 17.8 Å². The minimum absolute atomic E-state index is 0.130. The fourth-order valence-electron chi connectivity index (χ4n) is 2.73. The van der Waals surface area contributed by atoms with E-state index in [4.69, 9.17) is 4.74 Å². The molecule has 0 fully saturated rings. The largest absolute Gasteiger partial charge is 0.497 e. The zero-order valence-corrected chi connectivity index (χ0v) is 15.7. The van der Waals surface area contributed by atoms with E-state index in [9.17, 15) is 4.79 Å². The molecule has 0 spiro atoms. The van der Waals surface area contributed by atoms with Crippen molar-refractivity contribution in [2.45, 2.75) is 44.9 Å². The van der Waals surface area contributed by atoms with E-state index in [1.807, 2.05) is 67.6 Å². The highest BCUT2D eigenvalue weighted by Crippen LogP contribution is 2.24. The predicted molar refractivity (Wildman–Crippen MR) is 98.0 cm³/mol. The fraction of sp³-hybridized carbons (Fsp3) is 0.444. The number of carbonyl (C=O) groups excluding carboxylic acids is 1. The quantitative estimate of drug-likeness (QED) is 0.718. The van der Waals surface area contributed by atoms with Crippen LogP contribution in [0.1, 0.15) is 27.7 Å². The minimum atomic E-state index is 0.130. The molecule has 0 saturated carbocycles. The smallest absolute Gasteiger partial charge is 0.233 e. The molecule has 0 saturated heterocycles. The normalized spacial score (nSPS) is 11.1. The molecular weight excluding hydrogens is 322 g/mol. The summed E-state index contributed by atoms with van der Waals surface area (Å²) in [5, 5.41) is 0.795. The highest BCUT2D eigenvalue weighted by molar-refractivity contribution is 7.99. The molecule has 1 aromatic heterocycles. The first-order valence-electron chi connectivity index (χ1n) is 8.05. The summed E-state index contributed by atoms with van der Waals surface area (Å²) in [6, 6.07) is 8.16. The van der Waals surface area contributed by atoms with E-state index in [0.717, 1.165) is 16.6 Å². The van der Waals surface area contributed by atoms with Crippen molar-refractivity contribution in [3.63, 3.8) is 0 Å². The molecule has 0 aliphatic heterocycles. The van der Waals surface area contributed by atoms with Crippen LogP contribution in [0.4, 0.5) is 0 Å². The lowest BCUT2D eigenvalue weighted by Gasteiger charge is -2.30. The van der Waals surface area contributed by atoms with Crippen LogP contribution in [0.25, 0.3) is 5.69 Å². The summed E-state index contributed by atoms with van der Waals surface area (Å²) < 4.78 is 7.24. The number of imidazole rings is 1. The summed E-state index contributed by atoms with van der Waals surface area (Å²) in [6.07, 6.45) is 3.64. The van der Waals surface area contributed by atoms with Crippen molar-refractivity contribution < 1.29 is 9.53 Å². The zero-order chi connectivity index (χ0) is 17.7. The molecule has 24 heavy (non-hydrogen) atoms. The predicted octanol–water partition coefficient (Wildman–Crippen LogP) is 3.62. The molecule has 0 bridgehead atoms. The third-order valence-corrected chi connectivity index (χ3v) is 4.62. The van der Waals surface area contributed by atoms with Gasteiger partial charge in [-0.2, -0.15) is 0 Å². The van der Waals surface area contributed by atoms with E-state index in [-0.39, 0.29) is 18.0 Å². The molecule has 0 N–H and O–H groups in total. The number of nitrogens with zero attached hydrogens (tertiary/aromatic N) is 3. The first-order valence-corrected chi connectivity index (χ1v) is 9.04. The average Bonchev–Trinajstić information content (AvgIpc) is 3.00. The molecule has 0 aliphatic carbocycles. The van der Waals surface area contributed by atoms with Crippen LogP contribution in [0.5, 0.6) is 5.75 Å². The zero-order valence-electron chi connectivity index (χ0n) is 14.9. The number of benzene rings is 1. The molecule has 0 radical (unpaired) electrons. The second-order valence-electron chi connectivity index (χ2n) is 6.06. The number of amides is 1. The molecule has 1 amide bonds. The van der Waals surface area contributed by atoms with Gasteiger partial charge in [0.1, 0.15) is 5.75 Å². The Bertz CT molecular complexity index is 674. The second-order valence-corrected chi connectivity index (χ2v) is 7.00. The maximum atomic E-state index is 12.5. The Morgan fingerprint density at radius 2 is 2.00 bits per heavy atom. The van der Waals surface area contributed by atoms with Gasteiger partial charge in [0.05, 0.1) is 18.6 Å². The summed E-state index contributed by atoms with van der Waals surface area (Å²) in [6.45, 7) is 8.17. The van der Waals surface area contributed by atoms with Crippen LogP contribution in [0.15, 0.2) is 41.8 Å². The molecule has 0 atom stereocenters. The Morgan fingerprint density at radius 3 is 2.62 bits per heavy atom. The molecule has 1 aromatic carbocycles. The van der Waals surface area contributed by atoms with Crippen molar-refractivity contribution >= 4 is 17.7 Å². The molecular formula is C18H25N3O2S. The van der Waals surface area contributed by atoms with Crippen molar-refractivity contribution in [1.82, 2.24) is 14.5 Å². The number of aromatic nitrogens is 2. The van der Waals surface area contributed by atoms with Gasteiger partial charge in [0.15, 0.2) is 5.16 Å². The van der Waals surface area contributed by atoms with Crippen molar-refractivity contribution in [2.24, 2.45) is 0 Å². The van der Waals surface area contributed by atoms with Gasteiger partial charge in [0, 0.05) is 30.5 Å². The van der Waals surface area contributed by atoms with Gasteiger partial charge in [0.25, 0.3) is 0 Å². The van der Waals surface area contributed by atoms with Gasteiger partial charge < -0.3 is 9.64 Å². The van der Waals surface area contributed by atoms with Gasteiger partial charge in [-0.05, 0) is 39.8 Å². The second kappa shape index (κ2) is 8.24. The number of rotatable bonds is 7. The molecule has 1 heterocycles. The van der Waals surface area contributed by atoms with Crippen LogP contribution in [0.2, 0.25) is 0 Å². The topological polar surface area (TPSA) is 47.4 Å². The summed E-state index contributed by atoms with van der Waals surface area (Å²) in [5.41, 5.74) is 0.964. The van der Waals surface area contributed by atoms with E-state index >= 15 is 0 Å². The Morgan fingerprint density at radius 1 is 1.29 bits per heavy atom. The van der Waals surface area contributed by atoms with Crippen molar-refractivity contribution in [2.75, 3.05) is 12.9 Å². The summed E-state index contributed by atoms with van der Waals surface area (Å²) in [4.78, 5) is 18.8. The molecule has 0 unspecified atom stereocenters. The average molecular weight is 347 g/mol. The third-order valence-electron chi connectivity index (χ3n) is 3.66. The highest BCUT2D eigenvalue weighted by atomic mass is 32.2. The first kappa shape index (κ1) is 18.4. The van der Waals surface area contributed by atoms with Crippen LogP contribution in [-0.2, 0) is 4.79 Å². The number of thioether (sulfide) groups is 1. The van der Waals surface area contributed by atoms with Gasteiger partial charge in [-0.15, -0.1) is 0 Å². The van der Waals surface area contributed by atoms with E-state index in [1.165, 1.54) is 11.8 Å². The molecule has 2 aromatic rings. The number of methoxy groups -OCH3 is 1. The first-order chi connectivity index (χ1) is 11.4. The number of ether oxygens (including phenoxy) is 1. The lowest BCUT2D eigenvalue weighted by Crippen LogP contribution is -2.43. The van der Waals surface area contributed by atoms with Crippen LogP contribution in [-0.4, -0.2) is 45.3 Å². The van der Waals surface area contributed by atoms with Crippen molar-refractivity contribution in [1.29, 1.82) is 0 Å². The summed E-state index contributed by atoms with van der Waals surface area (Å²) >= 11 is 1.45. The fourth-order valence-corrected chi connectivity index (χ4v) is 3.57. The minimum Gasteiger partial charge on any atom is -0.497 e. The van der Waals surface area contributed by atoms with Crippen molar-refractivity contribution in [3.05, 3.63) is 36.7 Å². The van der Waals surface area contributed by atoms with Crippen LogP contribution in [0, 0.1) is 0 Å². The molecule has 6 heteroatoms. The van der Waals surface area contributed by atoms with Gasteiger partial charge in [-0.25, -0.2) is 4.98 Å². The maximum Gasteiger partial charge on any atom is 0.233 e. The van der Waals surface area contributed by atoms with Gasteiger partial charge >= 0.3 is 0 Å².